The summed E-state index contributed by atoms with van der Waals surface area (Å²) in [7, 11) is 0. The number of fused-ring (bicyclic) bond motifs is 1. The van der Waals surface area contributed by atoms with Gasteiger partial charge in [0.05, 0.1) is 11.0 Å². The van der Waals surface area contributed by atoms with Crippen LogP contribution in [0, 0.1) is 11.3 Å². The van der Waals surface area contributed by atoms with Crippen LogP contribution in [-0.4, -0.2) is 40.9 Å². The molecule has 2 N–H and O–H groups in total. The summed E-state index contributed by atoms with van der Waals surface area (Å²) >= 11 is 0. The van der Waals surface area contributed by atoms with E-state index in [0.29, 0.717) is 12.1 Å². The van der Waals surface area contributed by atoms with Crippen molar-refractivity contribution in [3.8, 4) is 6.07 Å². The number of ether oxygens (including phenoxy) is 3. The number of nitriles is 1. The Morgan fingerprint density at radius 2 is 2.25 bits per heavy atom. The lowest BCUT2D eigenvalue weighted by atomic mass is 10.2. The Morgan fingerprint density at radius 3 is 2.96 bits per heavy atom. The van der Waals surface area contributed by atoms with Crippen molar-refractivity contribution in [3.63, 3.8) is 0 Å². The molecule has 0 amide bonds. The van der Waals surface area contributed by atoms with Gasteiger partial charge in [0, 0.05) is 0 Å². The monoisotopic (exact) mass is 327 g/mol. The molecule has 0 saturated heterocycles. The summed E-state index contributed by atoms with van der Waals surface area (Å²) in [5.74, 6) is -1.09. The fourth-order valence-corrected chi connectivity index (χ4v) is 2.08. The lowest BCUT2D eigenvalue weighted by Crippen LogP contribution is -2.18. The Labute approximate surface area is 136 Å². The van der Waals surface area contributed by atoms with Gasteiger partial charge in [-0.25, -0.2) is 9.78 Å². The van der Waals surface area contributed by atoms with Gasteiger partial charge in [0.25, 0.3) is 0 Å². The number of rotatable bonds is 4. The second-order valence-electron chi connectivity index (χ2n) is 4.81. The van der Waals surface area contributed by atoms with Gasteiger partial charge < -0.3 is 24.3 Å². The molecule has 1 aliphatic rings. The van der Waals surface area contributed by atoms with E-state index in [1.165, 1.54) is 0 Å². The first-order valence-electron chi connectivity index (χ1n) is 7.08. The fraction of sp³-hybridized carbons (Fsp3) is 0.188. The summed E-state index contributed by atoms with van der Waals surface area (Å²) in [6, 6.07) is 9.06. The lowest BCUT2D eigenvalue weighted by Gasteiger charge is -2.14. The molecule has 0 spiro atoms. The number of hydrogen-bond acceptors (Lipinski definition) is 7. The zero-order valence-corrected chi connectivity index (χ0v) is 12.5. The Hall–Kier alpha value is -3.47. The third kappa shape index (κ3) is 3.15. The third-order valence-electron chi connectivity index (χ3n) is 3.22. The third-order valence-corrected chi connectivity index (χ3v) is 3.22. The summed E-state index contributed by atoms with van der Waals surface area (Å²) in [5.41, 5.74) is 1.28. The number of allylic oxidation sites excluding steroid dienone is 1. The highest BCUT2D eigenvalue weighted by molar-refractivity contribution is 5.86. The van der Waals surface area contributed by atoms with Crippen LogP contribution < -0.4 is 0 Å². The van der Waals surface area contributed by atoms with Crippen molar-refractivity contribution in [2.45, 2.75) is 0 Å². The maximum Gasteiger partial charge on any atom is 0.377 e. The van der Waals surface area contributed by atoms with Gasteiger partial charge in [0.2, 0.25) is 5.76 Å². The molecule has 0 fully saturated rings. The molecule has 1 aliphatic heterocycles. The Balaban J connectivity index is 1.76. The van der Waals surface area contributed by atoms with E-state index in [0.717, 1.165) is 11.8 Å². The van der Waals surface area contributed by atoms with Crippen LogP contribution in [0.2, 0.25) is 0 Å². The summed E-state index contributed by atoms with van der Waals surface area (Å²) in [6.45, 7) is 0.108. The Kier molecular flexibility index (Phi) is 4.34. The van der Waals surface area contributed by atoms with Crippen LogP contribution in [0.15, 0.2) is 42.0 Å². The molecule has 24 heavy (non-hydrogen) atoms. The lowest BCUT2D eigenvalue weighted by molar-refractivity contribution is -0.144. The number of aliphatic hydroxyl groups excluding tert-OH is 1. The van der Waals surface area contributed by atoms with Gasteiger partial charge in [0.1, 0.15) is 31.1 Å². The second-order valence-corrected chi connectivity index (χ2v) is 4.81. The maximum absolute atomic E-state index is 11.8. The molecule has 0 aliphatic carbocycles. The zero-order chi connectivity index (χ0) is 16.9. The SMILES string of the molecule is N#CC(=C(O)COC(=O)C1=COCCO1)c1nc2ccccc2[nH]1. The second kappa shape index (κ2) is 6.75. The Bertz CT molecular complexity index is 842. The molecule has 0 bridgehead atoms. The average Bonchev–Trinajstić information content (AvgIpc) is 3.04. The van der Waals surface area contributed by atoms with Crippen LogP contribution in [0.3, 0.4) is 0 Å². The molecule has 0 saturated carbocycles. The van der Waals surface area contributed by atoms with Gasteiger partial charge in [-0.2, -0.15) is 5.26 Å². The number of para-hydroxylation sites is 2. The minimum Gasteiger partial charge on any atom is -0.507 e. The number of H-pyrrole nitrogens is 1. The molecule has 3 rings (SSSR count). The fourth-order valence-electron chi connectivity index (χ4n) is 2.08. The van der Waals surface area contributed by atoms with Crippen LogP contribution in [0.4, 0.5) is 0 Å². The van der Waals surface area contributed by atoms with Crippen molar-refractivity contribution in [1.82, 2.24) is 9.97 Å². The largest absolute Gasteiger partial charge is 0.507 e. The smallest absolute Gasteiger partial charge is 0.377 e. The molecule has 2 heterocycles. The van der Waals surface area contributed by atoms with Crippen LogP contribution in [-0.2, 0) is 19.0 Å². The number of imidazole rings is 1. The predicted molar refractivity (Wildman–Crippen MR) is 82.2 cm³/mol. The van der Waals surface area contributed by atoms with E-state index in [-0.39, 0.29) is 23.8 Å². The van der Waals surface area contributed by atoms with Crippen molar-refractivity contribution >= 4 is 22.6 Å². The minimum atomic E-state index is -0.789. The van der Waals surface area contributed by atoms with Gasteiger partial charge >= 0.3 is 5.97 Å². The predicted octanol–water partition coefficient (Wildman–Crippen LogP) is 1.79. The van der Waals surface area contributed by atoms with Crippen molar-refractivity contribution < 1.29 is 24.1 Å². The summed E-state index contributed by atoms with van der Waals surface area (Å²) in [4.78, 5) is 18.9. The molecule has 2 aromatic rings. The van der Waals surface area contributed by atoms with Crippen LogP contribution in [0.5, 0.6) is 0 Å². The van der Waals surface area contributed by atoms with Gasteiger partial charge in [-0.3, -0.25) is 0 Å². The van der Waals surface area contributed by atoms with Gasteiger partial charge in [0.15, 0.2) is 18.2 Å². The molecule has 8 nitrogen and oxygen atoms in total. The van der Waals surface area contributed by atoms with Crippen molar-refractivity contribution in [3.05, 3.63) is 47.9 Å². The molecule has 1 aromatic heterocycles. The van der Waals surface area contributed by atoms with E-state index in [1.54, 1.807) is 12.1 Å². The van der Waals surface area contributed by atoms with Crippen molar-refractivity contribution in [1.29, 1.82) is 5.26 Å². The number of nitrogens with one attached hydrogen (secondary N) is 1. The molecular formula is C16H13N3O5. The first-order chi connectivity index (χ1) is 11.7. The van der Waals surface area contributed by atoms with E-state index in [9.17, 15) is 15.2 Å². The number of nitrogens with zero attached hydrogens (tertiary/aromatic N) is 2. The molecule has 8 heteroatoms. The summed E-state index contributed by atoms with van der Waals surface area (Å²) < 4.78 is 14.9. The molecule has 0 radical (unpaired) electrons. The molecular weight excluding hydrogens is 314 g/mol. The summed E-state index contributed by atoms with van der Waals surface area (Å²) in [6.07, 6.45) is 1.15. The Morgan fingerprint density at radius 1 is 1.42 bits per heavy atom. The first-order valence-corrected chi connectivity index (χ1v) is 7.08. The van der Waals surface area contributed by atoms with Crippen LogP contribution in [0.25, 0.3) is 16.6 Å². The topological polar surface area (TPSA) is 117 Å². The normalized spacial score (nSPS) is 14.7. The van der Waals surface area contributed by atoms with E-state index >= 15 is 0 Å². The van der Waals surface area contributed by atoms with Crippen LogP contribution >= 0.6 is 0 Å². The van der Waals surface area contributed by atoms with Gasteiger partial charge in [-0.15, -0.1) is 0 Å². The number of benzene rings is 1. The van der Waals surface area contributed by atoms with Crippen LogP contribution in [0.1, 0.15) is 5.82 Å². The molecule has 0 atom stereocenters. The number of carbonyl (C=O) groups excluding carboxylic acids is 1. The molecule has 0 unspecified atom stereocenters. The van der Waals surface area contributed by atoms with E-state index in [2.05, 4.69) is 9.97 Å². The molecule has 1 aromatic carbocycles. The average molecular weight is 327 g/mol. The quantitative estimate of drug-likeness (QED) is 0.499. The molecule has 122 valence electrons. The maximum atomic E-state index is 11.8. The highest BCUT2D eigenvalue weighted by atomic mass is 16.6. The first kappa shape index (κ1) is 15.4. The highest BCUT2D eigenvalue weighted by Crippen LogP contribution is 2.19. The standard InChI is InChI=1S/C16H13N3O5/c17-7-10(15-18-11-3-1-2-4-12(11)19-15)13(20)8-24-16(21)14-9-22-5-6-23-14/h1-4,9,20H,5-6,8H2,(H,18,19). The van der Waals surface area contributed by atoms with E-state index in [4.69, 9.17) is 14.2 Å². The summed E-state index contributed by atoms with van der Waals surface area (Å²) in [5, 5.41) is 19.3. The number of aliphatic hydroxyl groups is 1. The van der Waals surface area contributed by atoms with E-state index in [1.807, 2.05) is 18.2 Å². The number of esters is 1. The highest BCUT2D eigenvalue weighted by Gasteiger charge is 2.19. The number of aromatic amines is 1. The minimum absolute atomic E-state index is 0.0868. The van der Waals surface area contributed by atoms with Gasteiger partial charge in [-0.1, -0.05) is 12.1 Å². The zero-order valence-electron chi connectivity index (χ0n) is 12.5. The van der Waals surface area contributed by atoms with Crippen molar-refractivity contribution in [2.24, 2.45) is 0 Å². The number of hydrogen-bond donors (Lipinski definition) is 2. The van der Waals surface area contributed by atoms with E-state index < -0.39 is 18.3 Å². The number of aromatic nitrogens is 2. The van der Waals surface area contributed by atoms with Gasteiger partial charge in [-0.05, 0) is 12.1 Å². The number of carbonyl (C=O) groups is 1. The van der Waals surface area contributed by atoms with Crippen molar-refractivity contribution in [2.75, 3.05) is 19.8 Å².